The molecule has 0 atom stereocenters. The van der Waals surface area contributed by atoms with E-state index in [2.05, 4.69) is 28.2 Å². The lowest BCUT2D eigenvalue weighted by Crippen LogP contribution is -2.34. The van der Waals surface area contributed by atoms with Crippen LogP contribution in [0.3, 0.4) is 0 Å². The molecule has 0 saturated carbocycles. The van der Waals surface area contributed by atoms with Crippen molar-refractivity contribution in [1.82, 2.24) is 10.6 Å². The van der Waals surface area contributed by atoms with Gasteiger partial charge >= 0.3 is 0 Å². The van der Waals surface area contributed by atoms with E-state index < -0.39 is 0 Å². The first kappa shape index (κ1) is 24.2. The molecule has 2 amide bonds. The number of carbonyl (C=O) groups is 2. The fourth-order valence-electron chi connectivity index (χ4n) is 2.41. The number of amides is 2. The molecule has 2 aromatic rings. The lowest BCUT2D eigenvalue weighted by atomic mass is 10.2. The molecular weight excluding hydrogens is 432 g/mol. The highest BCUT2D eigenvalue weighted by Crippen LogP contribution is 2.15. The number of anilines is 2. The molecule has 164 valence electrons. The van der Waals surface area contributed by atoms with Gasteiger partial charge in [-0.05, 0) is 73.3 Å². The van der Waals surface area contributed by atoms with E-state index >= 15 is 0 Å². The zero-order valence-electron chi connectivity index (χ0n) is 17.5. The van der Waals surface area contributed by atoms with Gasteiger partial charge in [0.2, 0.25) is 5.91 Å². The molecule has 0 unspecified atom stereocenters. The van der Waals surface area contributed by atoms with E-state index in [1.165, 1.54) is 0 Å². The minimum absolute atomic E-state index is 0.157. The first-order valence-electron chi connectivity index (χ1n) is 9.97. The summed E-state index contributed by atoms with van der Waals surface area (Å²) in [7, 11) is 0. The Kier molecular flexibility index (Phi) is 9.86. The van der Waals surface area contributed by atoms with Crippen molar-refractivity contribution < 1.29 is 14.3 Å². The summed E-state index contributed by atoms with van der Waals surface area (Å²) < 4.78 is 5.64. The summed E-state index contributed by atoms with van der Waals surface area (Å²) in [5.74, 6) is 0.166. The molecule has 9 heteroatoms. The lowest BCUT2D eigenvalue weighted by Gasteiger charge is -2.12. The number of ether oxygens (including phenoxy) is 1. The van der Waals surface area contributed by atoms with Gasteiger partial charge in [0.25, 0.3) is 5.91 Å². The Morgan fingerprint density at radius 1 is 0.903 bits per heavy atom. The summed E-state index contributed by atoms with van der Waals surface area (Å²) in [6, 6.07) is 14.1. The fraction of sp³-hybridized carbons (Fsp3) is 0.273. The Morgan fingerprint density at radius 3 is 2.10 bits per heavy atom. The van der Waals surface area contributed by atoms with Crippen molar-refractivity contribution in [3.8, 4) is 5.75 Å². The molecule has 0 spiro atoms. The van der Waals surface area contributed by atoms with Gasteiger partial charge in [-0.2, -0.15) is 0 Å². The number of hydrogen-bond acceptors (Lipinski definition) is 5. The Labute approximate surface area is 192 Å². The summed E-state index contributed by atoms with van der Waals surface area (Å²) in [5.41, 5.74) is 1.86. The molecule has 0 heterocycles. The number of thiocarbonyl (C=S) groups is 2. The van der Waals surface area contributed by atoms with Crippen LogP contribution in [-0.4, -0.2) is 28.6 Å². The normalized spacial score (nSPS) is 10.0. The molecule has 7 nitrogen and oxygen atoms in total. The van der Waals surface area contributed by atoms with Crippen LogP contribution in [0.1, 0.15) is 43.5 Å². The van der Waals surface area contributed by atoms with Crippen LogP contribution in [-0.2, 0) is 4.79 Å². The highest BCUT2D eigenvalue weighted by Gasteiger charge is 2.09. The van der Waals surface area contributed by atoms with Crippen molar-refractivity contribution in [3.05, 3.63) is 54.1 Å². The van der Waals surface area contributed by atoms with Gasteiger partial charge in [0.15, 0.2) is 10.2 Å². The molecule has 0 radical (unpaired) electrons. The smallest absolute Gasteiger partial charge is 0.257 e. The van der Waals surface area contributed by atoms with Gasteiger partial charge in [-0.1, -0.05) is 26.3 Å². The molecule has 0 aliphatic carbocycles. The van der Waals surface area contributed by atoms with Gasteiger partial charge in [-0.3, -0.25) is 14.9 Å². The average Bonchev–Trinajstić information content (AvgIpc) is 2.75. The van der Waals surface area contributed by atoms with Gasteiger partial charge in [-0.15, -0.1) is 0 Å². The van der Waals surface area contributed by atoms with E-state index in [-0.39, 0.29) is 22.0 Å². The van der Waals surface area contributed by atoms with Crippen molar-refractivity contribution in [2.75, 3.05) is 17.2 Å². The zero-order chi connectivity index (χ0) is 22.6. The van der Waals surface area contributed by atoms with Crippen LogP contribution in [0, 0.1) is 0 Å². The third-order valence-electron chi connectivity index (χ3n) is 4.06. The minimum Gasteiger partial charge on any atom is -0.494 e. The third-order valence-corrected chi connectivity index (χ3v) is 4.47. The van der Waals surface area contributed by atoms with Crippen LogP contribution in [0.2, 0.25) is 0 Å². The summed E-state index contributed by atoms with van der Waals surface area (Å²) in [6.07, 6.45) is 2.35. The van der Waals surface area contributed by atoms with E-state index in [9.17, 15) is 9.59 Å². The molecule has 0 aliphatic heterocycles. The second-order valence-electron chi connectivity index (χ2n) is 6.57. The average molecular weight is 459 g/mol. The highest BCUT2D eigenvalue weighted by molar-refractivity contribution is 7.80. The number of rotatable bonds is 8. The molecule has 0 bridgehead atoms. The molecule has 2 rings (SSSR count). The summed E-state index contributed by atoms with van der Waals surface area (Å²) >= 11 is 10.3. The molecule has 0 fully saturated rings. The Balaban J connectivity index is 1.86. The second-order valence-corrected chi connectivity index (χ2v) is 7.39. The molecule has 2 aromatic carbocycles. The maximum absolute atomic E-state index is 12.5. The first-order valence-corrected chi connectivity index (χ1v) is 10.8. The maximum atomic E-state index is 12.5. The molecule has 0 aromatic heterocycles. The SMILES string of the molecule is CCCCOc1cccc(C(=O)NC(=S)Nc2ccc(NC(=S)NC(=O)CC)cc2)c1. The molecule has 4 N–H and O–H groups in total. The van der Waals surface area contributed by atoms with Gasteiger partial charge in [0, 0.05) is 23.4 Å². The maximum Gasteiger partial charge on any atom is 0.257 e. The van der Waals surface area contributed by atoms with Gasteiger partial charge in [-0.25, -0.2) is 0 Å². The van der Waals surface area contributed by atoms with Crippen LogP contribution >= 0.6 is 24.4 Å². The number of nitrogens with one attached hydrogen (secondary N) is 4. The summed E-state index contributed by atoms with van der Waals surface area (Å²) in [4.78, 5) is 23.8. The van der Waals surface area contributed by atoms with Crippen molar-refractivity contribution in [2.24, 2.45) is 0 Å². The lowest BCUT2D eigenvalue weighted by molar-refractivity contribution is -0.119. The predicted octanol–water partition coefficient (Wildman–Crippen LogP) is 4.22. The number of hydrogen-bond donors (Lipinski definition) is 4. The van der Waals surface area contributed by atoms with Crippen LogP contribution in [0.4, 0.5) is 11.4 Å². The van der Waals surface area contributed by atoms with Crippen molar-refractivity contribution in [2.45, 2.75) is 33.1 Å². The molecule has 31 heavy (non-hydrogen) atoms. The summed E-state index contributed by atoms with van der Waals surface area (Å²) in [6.45, 7) is 4.45. The van der Waals surface area contributed by atoms with Gasteiger partial charge < -0.3 is 20.7 Å². The quantitative estimate of drug-likeness (QED) is 0.348. The predicted molar refractivity (Wildman–Crippen MR) is 132 cm³/mol. The summed E-state index contributed by atoms with van der Waals surface area (Å²) in [5, 5.41) is 11.5. The van der Waals surface area contributed by atoms with Gasteiger partial charge in [0.05, 0.1) is 6.61 Å². The first-order chi connectivity index (χ1) is 14.9. The highest BCUT2D eigenvalue weighted by atomic mass is 32.1. The Bertz CT molecular complexity index is 933. The zero-order valence-corrected chi connectivity index (χ0v) is 19.1. The monoisotopic (exact) mass is 458 g/mol. The third kappa shape index (κ3) is 8.69. The molecule has 0 aliphatic rings. The van der Waals surface area contributed by atoms with Gasteiger partial charge in [0.1, 0.15) is 5.75 Å². The van der Waals surface area contributed by atoms with Crippen molar-refractivity contribution in [3.63, 3.8) is 0 Å². The van der Waals surface area contributed by atoms with Crippen molar-refractivity contribution >= 4 is 57.8 Å². The largest absolute Gasteiger partial charge is 0.494 e. The van der Waals surface area contributed by atoms with E-state index in [0.717, 1.165) is 12.8 Å². The number of benzene rings is 2. The topological polar surface area (TPSA) is 91.5 Å². The van der Waals surface area contributed by atoms with E-state index in [1.54, 1.807) is 49.4 Å². The van der Waals surface area contributed by atoms with Crippen LogP contribution < -0.4 is 26.0 Å². The molecular formula is C22H26N4O3S2. The number of unbranched alkanes of at least 4 members (excludes halogenated alkanes) is 1. The van der Waals surface area contributed by atoms with E-state index in [4.69, 9.17) is 29.2 Å². The Hall–Kier alpha value is -3.04. The fourth-order valence-corrected chi connectivity index (χ4v) is 2.86. The number of carbonyl (C=O) groups excluding carboxylic acids is 2. The second kappa shape index (κ2) is 12.6. The van der Waals surface area contributed by atoms with E-state index in [1.807, 2.05) is 6.07 Å². The van der Waals surface area contributed by atoms with Crippen LogP contribution in [0.5, 0.6) is 5.75 Å². The van der Waals surface area contributed by atoms with Crippen LogP contribution in [0.25, 0.3) is 0 Å². The molecule has 0 saturated heterocycles. The minimum atomic E-state index is -0.325. The standard InChI is InChI=1S/C22H26N4O3S2/c1-3-5-13-29-18-8-6-7-15(14-18)20(28)26-22(31)24-17-11-9-16(10-12-17)23-21(30)25-19(27)4-2/h6-12,14H,3-5,13H2,1-2H3,(H2,23,25,27,30)(H2,24,26,28,31). The van der Waals surface area contributed by atoms with Crippen LogP contribution in [0.15, 0.2) is 48.5 Å². The van der Waals surface area contributed by atoms with E-state index in [0.29, 0.717) is 35.7 Å². The van der Waals surface area contributed by atoms with Crippen molar-refractivity contribution in [1.29, 1.82) is 0 Å². The Morgan fingerprint density at radius 2 is 1.52 bits per heavy atom.